The third-order valence-corrected chi connectivity index (χ3v) is 3.85. The summed E-state index contributed by atoms with van der Waals surface area (Å²) in [5, 5.41) is 16.7. The lowest BCUT2D eigenvalue weighted by molar-refractivity contribution is 0.0916. The Kier molecular flexibility index (Phi) is 4.72. The molecule has 24 heavy (non-hydrogen) atoms. The summed E-state index contributed by atoms with van der Waals surface area (Å²) in [6, 6.07) is 16.9. The van der Waals surface area contributed by atoms with Gasteiger partial charge in [0.15, 0.2) is 5.76 Å². The minimum absolute atomic E-state index is 0.114. The second-order valence-electron chi connectivity index (χ2n) is 5.52. The van der Waals surface area contributed by atoms with Gasteiger partial charge in [0, 0.05) is 12.1 Å². The van der Waals surface area contributed by atoms with Crippen molar-refractivity contribution in [2.45, 2.75) is 13.0 Å². The zero-order valence-corrected chi connectivity index (χ0v) is 13.3. The van der Waals surface area contributed by atoms with Gasteiger partial charge in [0.2, 0.25) is 0 Å². The number of aryl methyl sites for hydroxylation is 1. The molecule has 122 valence electrons. The first-order chi connectivity index (χ1) is 11.7. The first-order valence-electron chi connectivity index (χ1n) is 7.68. The largest absolute Gasteiger partial charge is 0.387 e. The molecule has 0 radical (unpaired) electrons. The normalized spacial score (nSPS) is 11.9. The molecule has 3 rings (SSSR count). The molecule has 3 aromatic rings. The number of aliphatic hydroxyl groups is 1. The summed E-state index contributed by atoms with van der Waals surface area (Å²) in [4.78, 5) is 12.4. The van der Waals surface area contributed by atoms with Gasteiger partial charge >= 0.3 is 0 Å². The van der Waals surface area contributed by atoms with Crippen LogP contribution in [0.1, 0.15) is 27.6 Å². The van der Waals surface area contributed by atoms with Gasteiger partial charge in [0.25, 0.3) is 5.91 Å². The number of hydrogen-bond donors (Lipinski definition) is 2. The van der Waals surface area contributed by atoms with Gasteiger partial charge in [0.05, 0.1) is 12.3 Å². The van der Waals surface area contributed by atoms with E-state index >= 15 is 0 Å². The van der Waals surface area contributed by atoms with Crippen molar-refractivity contribution in [1.29, 1.82) is 0 Å². The van der Waals surface area contributed by atoms with E-state index in [1.807, 2.05) is 61.5 Å². The third kappa shape index (κ3) is 3.36. The highest BCUT2D eigenvalue weighted by Crippen LogP contribution is 2.23. The van der Waals surface area contributed by atoms with Gasteiger partial charge in [0.1, 0.15) is 5.56 Å². The average Bonchev–Trinajstić information content (AvgIpc) is 3.10. The van der Waals surface area contributed by atoms with Gasteiger partial charge in [-0.2, -0.15) is 0 Å². The maximum absolute atomic E-state index is 12.4. The number of aromatic nitrogens is 1. The van der Waals surface area contributed by atoms with E-state index in [0.717, 1.165) is 16.7 Å². The molecule has 0 saturated heterocycles. The van der Waals surface area contributed by atoms with Crippen molar-refractivity contribution in [3.63, 3.8) is 0 Å². The molecule has 0 aliphatic rings. The smallest absolute Gasteiger partial charge is 0.257 e. The van der Waals surface area contributed by atoms with Gasteiger partial charge in [-0.05, 0) is 18.1 Å². The van der Waals surface area contributed by atoms with E-state index < -0.39 is 6.10 Å². The quantitative estimate of drug-likeness (QED) is 0.757. The van der Waals surface area contributed by atoms with Crippen molar-refractivity contribution in [3.8, 4) is 11.3 Å². The van der Waals surface area contributed by atoms with Crippen LogP contribution in [0.15, 0.2) is 65.3 Å². The maximum Gasteiger partial charge on any atom is 0.257 e. The van der Waals surface area contributed by atoms with E-state index in [0.29, 0.717) is 11.3 Å². The van der Waals surface area contributed by atoms with E-state index in [1.54, 1.807) is 0 Å². The van der Waals surface area contributed by atoms with E-state index in [9.17, 15) is 9.90 Å². The second-order valence-corrected chi connectivity index (χ2v) is 5.52. The van der Waals surface area contributed by atoms with Crippen molar-refractivity contribution < 1.29 is 14.4 Å². The molecule has 1 heterocycles. The number of benzene rings is 2. The molecule has 1 aromatic heterocycles. The predicted octanol–water partition coefficient (Wildman–Crippen LogP) is 3.11. The molecule has 0 spiro atoms. The number of nitrogens with one attached hydrogen (secondary N) is 1. The summed E-state index contributed by atoms with van der Waals surface area (Å²) in [5.41, 5.74) is 2.90. The number of carbonyl (C=O) groups is 1. The Bertz CT molecular complexity index is 827. The molecule has 0 fully saturated rings. The summed E-state index contributed by atoms with van der Waals surface area (Å²) in [5.74, 6) is 0.0845. The van der Waals surface area contributed by atoms with E-state index in [-0.39, 0.29) is 12.5 Å². The number of hydrogen-bond acceptors (Lipinski definition) is 4. The fourth-order valence-electron chi connectivity index (χ4n) is 2.55. The molecule has 2 aromatic carbocycles. The minimum Gasteiger partial charge on any atom is -0.387 e. The van der Waals surface area contributed by atoms with Crippen LogP contribution in [0.5, 0.6) is 0 Å². The summed E-state index contributed by atoms with van der Waals surface area (Å²) in [6.07, 6.45) is 0.618. The SMILES string of the molecule is Cc1ccccc1C(O)CNC(=O)c1cnoc1-c1ccccc1. The van der Waals surface area contributed by atoms with Crippen molar-refractivity contribution in [3.05, 3.63) is 77.5 Å². The zero-order valence-electron chi connectivity index (χ0n) is 13.3. The molecule has 0 bridgehead atoms. The Labute approximate surface area is 139 Å². The molecule has 2 N–H and O–H groups in total. The molecular weight excluding hydrogens is 304 g/mol. The Morgan fingerprint density at radius 2 is 1.88 bits per heavy atom. The summed E-state index contributed by atoms with van der Waals surface area (Å²) >= 11 is 0. The second kappa shape index (κ2) is 7.10. The topological polar surface area (TPSA) is 75.4 Å². The van der Waals surface area contributed by atoms with Crippen LogP contribution in [-0.2, 0) is 0 Å². The molecule has 0 aliphatic carbocycles. The van der Waals surface area contributed by atoms with Crippen LogP contribution in [0.3, 0.4) is 0 Å². The average molecular weight is 322 g/mol. The van der Waals surface area contributed by atoms with Crippen molar-refractivity contribution >= 4 is 5.91 Å². The Hall–Kier alpha value is -2.92. The highest BCUT2D eigenvalue weighted by molar-refractivity contribution is 5.99. The Morgan fingerprint density at radius 3 is 2.62 bits per heavy atom. The van der Waals surface area contributed by atoms with Crippen molar-refractivity contribution in [1.82, 2.24) is 10.5 Å². The number of carbonyl (C=O) groups excluding carboxylic acids is 1. The number of rotatable bonds is 5. The van der Waals surface area contributed by atoms with Gasteiger partial charge in [-0.3, -0.25) is 4.79 Å². The van der Waals surface area contributed by atoms with Crippen LogP contribution in [0.2, 0.25) is 0 Å². The standard InChI is InChI=1S/C19H18N2O3/c1-13-7-5-6-10-15(13)17(22)12-20-19(23)16-11-21-24-18(16)14-8-3-2-4-9-14/h2-11,17,22H,12H2,1H3,(H,20,23). The molecule has 5 heteroatoms. The zero-order chi connectivity index (χ0) is 16.9. The fourth-order valence-corrected chi connectivity index (χ4v) is 2.55. The lowest BCUT2D eigenvalue weighted by Crippen LogP contribution is -2.28. The van der Waals surface area contributed by atoms with E-state index in [1.165, 1.54) is 6.20 Å². The predicted molar refractivity (Wildman–Crippen MR) is 90.4 cm³/mol. The van der Waals surface area contributed by atoms with Crippen molar-refractivity contribution in [2.75, 3.05) is 6.54 Å². The number of nitrogens with zero attached hydrogens (tertiary/aromatic N) is 1. The third-order valence-electron chi connectivity index (χ3n) is 3.85. The van der Waals surface area contributed by atoms with Crippen LogP contribution in [-0.4, -0.2) is 22.7 Å². The van der Waals surface area contributed by atoms with E-state index in [4.69, 9.17) is 4.52 Å². The maximum atomic E-state index is 12.4. The molecular formula is C19H18N2O3. The van der Waals surface area contributed by atoms with Gasteiger partial charge in [-0.1, -0.05) is 59.8 Å². The van der Waals surface area contributed by atoms with Crippen LogP contribution in [0.25, 0.3) is 11.3 Å². The van der Waals surface area contributed by atoms with Crippen LogP contribution >= 0.6 is 0 Å². The lowest BCUT2D eigenvalue weighted by atomic mass is 10.0. The molecule has 5 nitrogen and oxygen atoms in total. The number of aliphatic hydroxyl groups excluding tert-OH is 1. The Morgan fingerprint density at radius 1 is 1.17 bits per heavy atom. The number of amides is 1. The first-order valence-corrected chi connectivity index (χ1v) is 7.68. The molecule has 0 saturated carbocycles. The highest BCUT2D eigenvalue weighted by atomic mass is 16.5. The molecule has 1 amide bonds. The monoisotopic (exact) mass is 322 g/mol. The van der Waals surface area contributed by atoms with E-state index in [2.05, 4.69) is 10.5 Å². The molecule has 1 unspecified atom stereocenters. The highest BCUT2D eigenvalue weighted by Gasteiger charge is 2.19. The molecule has 1 atom stereocenters. The van der Waals surface area contributed by atoms with Crippen LogP contribution in [0.4, 0.5) is 0 Å². The van der Waals surface area contributed by atoms with Gasteiger partial charge in [-0.25, -0.2) is 0 Å². The fraction of sp³-hybridized carbons (Fsp3) is 0.158. The molecule has 0 aliphatic heterocycles. The first kappa shape index (κ1) is 16.0. The lowest BCUT2D eigenvalue weighted by Gasteiger charge is -2.14. The van der Waals surface area contributed by atoms with Crippen LogP contribution < -0.4 is 5.32 Å². The summed E-state index contributed by atoms with van der Waals surface area (Å²) in [6.45, 7) is 2.04. The summed E-state index contributed by atoms with van der Waals surface area (Å²) in [7, 11) is 0. The van der Waals surface area contributed by atoms with Crippen LogP contribution in [0, 0.1) is 6.92 Å². The van der Waals surface area contributed by atoms with Gasteiger partial charge in [-0.15, -0.1) is 0 Å². The van der Waals surface area contributed by atoms with Gasteiger partial charge < -0.3 is 14.9 Å². The summed E-state index contributed by atoms with van der Waals surface area (Å²) < 4.78 is 5.21. The van der Waals surface area contributed by atoms with Crippen molar-refractivity contribution in [2.24, 2.45) is 0 Å². The Balaban J connectivity index is 1.71. The minimum atomic E-state index is -0.768.